The molecule has 0 radical (unpaired) electrons. The third kappa shape index (κ3) is 1.07. The minimum Gasteiger partial charge on any atom is -0.314 e. The predicted molar refractivity (Wildman–Crippen MR) is 53.2 cm³/mol. The number of urea groups is 1. The highest BCUT2D eigenvalue weighted by molar-refractivity contribution is 6.07. The van der Waals surface area contributed by atoms with Crippen LogP contribution in [0.4, 0.5) is 4.79 Å². The summed E-state index contributed by atoms with van der Waals surface area (Å²) in [5, 5.41) is 5.64. The highest BCUT2D eigenvalue weighted by Crippen LogP contribution is 2.36. The van der Waals surface area contributed by atoms with Crippen molar-refractivity contribution in [2.45, 2.75) is 37.3 Å². The molecule has 3 fully saturated rings. The molecule has 0 aromatic rings. The van der Waals surface area contributed by atoms with Gasteiger partial charge in [0.15, 0.2) is 0 Å². The van der Waals surface area contributed by atoms with Crippen molar-refractivity contribution in [3.8, 4) is 0 Å². The van der Waals surface area contributed by atoms with Gasteiger partial charge in [0.2, 0.25) is 0 Å². The van der Waals surface area contributed by atoms with E-state index >= 15 is 0 Å². The monoisotopic (exact) mass is 209 g/mol. The molecule has 0 aromatic heterocycles. The summed E-state index contributed by atoms with van der Waals surface area (Å²) in [6.07, 6.45) is 4.01. The summed E-state index contributed by atoms with van der Waals surface area (Å²) in [5.41, 5.74) is -0.567. The van der Waals surface area contributed by atoms with Crippen molar-refractivity contribution in [3.63, 3.8) is 0 Å². The van der Waals surface area contributed by atoms with E-state index in [1.165, 1.54) is 6.42 Å². The fourth-order valence-electron chi connectivity index (χ4n) is 2.82. The molecular weight excluding hydrogens is 194 g/mol. The van der Waals surface area contributed by atoms with Gasteiger partial charge in [-0.25, -0.2) is 4.79 Å². The van der Waals surface area contributed by atoms with Crippen molar-refractivity contribution in [2.24, 2.45) is 0 Å². The number of hydrogen-bond donors (Lipinski definition) is 2. The lowest BCUT2D eigenvalue weighted by Gasteiger charge is -2.41. The summed E-state index contributed by atoms with van der Waals surface area (Å²) in [7, 11) is 0. The Morgan fingerprint density at radius 1 is 1.33 bits per heavy atom. The molecule has 5 heteroatoms. The minimum atomic E-state index is -0.567. The average molecular weight is 209 g/mol. The first-order valence-electron chi connectivity index (χ1n) is 5.59. The lowest BCUT2D eigenvalue weighted by Crippen LogP contribution is -2.57. The Kier molecular flexibility index (Phi) is 1.80. The van der Waals surface area contributed by atoms with E-state index in [-0.39, 0.29) is 18.0 Å². The lowest BCUT2D eigenvalue weighted by molar-refractivity contribution is -0.127. The van der Waals surface area contributed by atoms with Crippen LogP contribution in [0.3, 0.4) is 0 Å². The van der Waals surface area contributed by atoms with Crippen LogP contribution in [0.15, 0.2) is 0 Å². The number of rotatable bonds is 1. The van der Waals surface area contributed by atoms with Crippen molar-refractivity contribution in [1.29, 1.82) is 0 Å². The van der Waals surface area contributed by atoms with Crippen LogP contribution in [0.1, 0.15) is 25.7 Å². The van der Waals surface area contributed by atoms with E-state index in [0.717, 1.165) is 25.8 Å². The normalized spacial score (nSPS) is 36.1. The molecule has 3 rings (SSSR count). The van der Waals surface area contributed by atoms with Gasteiger partial charge in [-0.1, -0.05) is 0 Å². The molecule has 0 aromatic carbocycles. The Morgan fingerprint density at radius 2 is 2.13 bits per heavy atom. The number of nitrogens with one attached hydrogen (secondary N) is 2. The van der Waals surface area contributed by atoms with Crippen LogP contribution in [0.2, 0.25) is 0 Å². The molecule has 3 aliphatic rings. The van der Waals surface area contributed by atoms with Gasteiger partial charge in [-0.15, -0.1) is 0 Å². The summed E-state index contributed by atoms with van der Waals surface area (Å²) in [4.78, 5) is 25.4. The van der Waals surface area contributed by atoms with Gasteiger partial charge < -0.3 is 10.2 Å². The Labute approximate surface area is 88.2 Å². The van der Waals surface area contributed by atoms with E-state index < -0.39 is 5.54 Å². The number of amides is 3. The van der Waals surface area contributed by atoms with Gasteiger partial charge >= 0.3 is 6.03 Å². The molecule has 0 bridgehead atoms. The second-order valence-electron chi connectivity index (χ2n) is 4.67. The van der Waals surface area contributed by atoms with E-state index in [0.29, 0.717) is 6.54 Å². The van der Waals surface area contributed by atoms with Crippen molar-refractivity contribution in [1.82, 2.24) is 15.5 Å². The van der Waals surface area contributed by atoms with Gasteiger partial charge in [0.1, 0.15) is 5.54 Å². The lowest BCUT2D eigenvalue weighted by atomic mass is 9.86. The van der Waals surface area contributed by atoms with Gasteiger partial charge in [0.25, 0.3) is 5.91 Å². The average Bonchev–Trinajstić information content (AvgIpc) is 2.66. The maximum atomic E-state index is 11.9. The van der Waals surface area contributed by atoms with Gasteiger partial charge in [0.05, 0.1) is 0 Å². The van der Waals surface area contributed by atoms with Crippen LogP contribution < -0.4 is 10.6 Å². The zero-order valence-corrected chi connectivity index (χ0v) is 8.58. The van der Waals surface area contributed by atoms with Crippen LogP contribution in [-0.4, -0.2) is 41.5 Å². The fraction of sp³-hybridized carbons (Fsp3) is 0.800. The van der Waals surface area contributed by atoms with Gasteiger partial charge in [-0.3, -0.25) is 10.1 Å². The first-order chi connectivity index (χ1) is 7.24. The van der Waals surface area contributed by atoms with Crippen molar-refractivity contribution < 1.29 is 9.59 Å². The van der Waals surface area contributed by atoms with E-state index in [9.17, 15) is 9.59 Å². The molecule has 15 heavy (non-hydrogen) atoms. The van der Waals surface area contributed by atoms with Crippen molar-refractivity contribution >= 4 is 11.9 Å². The van der Waals surface area contributed by atoms with Crippen LogP contribution in [-0.2, 0) is 4.79 Å². The van der Waals surface area contributed by atoms with E-state index in [1.54, 1.807) is 4.90 Å². The molecule has 1 unspecified atom stereocenters. The summed E-state index contributed by atoms with van der Waals surface area (Å²) >= 11 is 0. The highest BCUT2D eigenvalue weighted by atomic mass is 16.2. The van der Waals surface area contributed by atoms with Gasteiger partial charge in [-0.2, -0.15) is 0 Å². The third-order valence-electron chi connectivity index (χ3n) is 3.90. The number of hydrogen-bond acceptors (Lipinski definition) is 3. The van der Waals surface area contributed by atoms with Crippen LogP contribution >= 0.6 is 0 Å². The molecule has 1 aliphatic carbocycles. The summed E-state index contributed by atoms with van der Waals surface area (Å²) in [6, 6.07) is 0.102. The zero-order valence-electron chi connectivity index (χ0n) is 8.58. The standard InChI is InChI=1S/C10H15N3O2/c14-8-10(4-5-11-6-10)13(9(15)12-8)7-2-1-3-7/h7,11H,1-6H2,(H,12,14,15). The summed E-state index contributed by atoms with van der Waals surface area (Å²) < 4.78 is 0. The smallest absolute Gasteiger partial charge is 0.314 e. The third-order valence-corrected chi connectivity index (χ3v) is 3.90. The second-order valence-corrected chi connectivity index (χ2v) is 4.67. The topological polar surface area (TPSA) is 61.4 Å². The maximum absolute atomic E-state index is 11.9. The molecular formula is C10H15N3O2. The first kappa shape index (κ1) is 9.15. The Hall–Kier alpha value is -1.10. The number of carbonyl (C=O) groups is 2. The van der Waals surface area contributed by atoms with Crippen LogP contribution in [0.25, 0.3) is 0 Å². The minimum absolute atomic E-state index is 0.107. The number of carbonyl (C=O) groups excluding carboxylic acids is 2. The second kappa shape index (κ2) is 2.95. The maximum Gasteiger partial charge on any atom is 0.325 e. The number of imide groups is 1. The molecule has 2 N–H and O–H groups in total. The molecule has 5 nitrogen and oxygen atoms in total. The zero-order chi connectivity index (χ0) is 10.5. The summed E-state index contributed by atoms with van der Waals surface area (Å²) in [6.45, 7) is 1.44. The van der Waals surface area contributed by atoms with Crippen LogP contribution in [0, 0.1) is 0 Å². The van der Waals surface area contributed by atoms with E-state index in [1.807, 2.05) is 0 Å². The largest absolute Gasteiger partial charge is 0.325 e. The Balaban J connectivity index is 1.94. The van der Waals surface area contributed by atoms with Crippen molar-refractivity contribution in [2.75, 3.05) is 13.1 Å². The molecule has 1 atom stereocenters. The highest BCUT2D eigenvalue weighted by Gasteiger charge is 2.57. The molecule has 2 aliphatic heterocycles. The Morgan fingerprint density at radius 3 is 2.67 bits per heavy atom. The molecule has 82 valence electrons. The molecule has 1 saturated carbocycles. The fourth-order valence-corrected chi connectivity index (χ4v) is 2.82. The molecule has 3 amide bonds. The van der Waals surface area contributed by atoms with Gasteiger partial charge in [0, 0.05) is 12.6 Å². The molecule has 2 heterocycles. The van der Waals surface area contributed by atoms with E-state index in [2.05, 4.69) is 10.6 Å². The Bertz CT molecular complexity index is 319. The summed E-state index contributed by atoms with van der Waals surface area (Å²) in [5.74, 6) is -0.107. The van der Waals surface area contributed by atoms with Crippen LogP contribution in [0.5, 0.6) is 0 Å². The quantitative estimate of drug-likeness (QED) is 0.589. The molecule has 1 spiro atoms. The molecule has 2 saturated heterocycles. The van der Waals surface area contributed by atoms with Gasteiger partial charge in [-0.05, 0) is 32.2 Å². The first-order valence-corrected chi connectivity index (χ1v) is 5.59. The van der Waals surface area contributed by atoms with Crippen molar-refractivity contribution in [3.05, 3.63) is 0 Å². The number of nitrogens with zero attached hydrogens (tertiary/aromatic N) is 1. The SMILES string of the molecule is O=C1NC(=O)C2(CCNC2)N1C1CCC1. The van der Waals surface area contributed by atoms with E-state index in [4.69, 9.17) is 0 Å². The predicted octanol–water partition coefficient (Wildman–Crippen LogP) is -0.177.